The monoisotopic (exact) mass is 419 g/mol. The standard InChI is InChI=1S/C20H25N3O7/c1-20(2,3)22-19(27)21-16(24)11-30-18(26)12-8-17(25)23(10-12)13-4-5-14-15(9-13)29-7-6-28-14/h4-5,9,12H,6-8,10-11H2,1-3H3,(H2,21,22,24,27)/t12-/m1/s1. The molecule has 1 aromatic rings. The van der Waals surface area contributed by atoms with Crippen molar-refractivity contribution in [1.82, 2.24) is 10.6 Å². The molecule has 30 heavy (non-hydrogen) atoms. The highest BCUT2D eigenvalue weighted by molar-refractivity contribution is 6.00. The number of fused-ring (bicyclic) bond motifs is 1. The van der Waals surface area contributed by atoms with Gasteiger partial charge in [-0.3, -0.25) is 19.7 Å². The van der Waals surface area contributed by atoms with Crippen molar-refractivity contribution in [2.24, 2.45) is 5.92 Å². The molecule has 162 valence electrons. The summed E-state index contributed by atoms with van der Waals surface area (Å²) in [6, 6.07) is 4.46. The third-order valence-corrected chi connectivity index (χ3v) is 4.38. The molecule has 1 fully saturated rings. The Morgan fingerprint density at radius 1 is 1.17 bits per heavy atom. The zero-order chi connectivity index (χ0) is 21.9. The van der Waals surface area contributed by atoms with Crippen LogP contribution in [0.15, 0.2) is 18.2 Å². The zero-order valence-electron chi connectivity index (χ0n) is 17.1. The summed E-state index contributed by atoms with van der Waals surface area (Å²) < 4.78 is 16.0. The predicted molar refractivity (Wildman–Crippen MR) is 105 cm³/mol. The molecule has 4 amide bonds. The summed E-state index contributed by atoms with van der Waals surface area (Å²) in [7, 11) is 0. The van der Waals surface area contributed by atoms with Crippen LogP contribution >= 0.6 is 0 Å². The van der Waals surface area contributed by atoms with E-state index in [1.807, 2.05) is 0 Å². The van der Waals surface area contributed by atoms with Gasteiger partial charge in [-0.05, 0) is 32.9 Å². The lowest BCUT2D eigenvalue weighted by atomic mass is 10.1. The van der Waals surface area contributed by atoms with Gasteiger partial charge in [0, 0.05) is 30.3 Å². The Balaban J connectivity index is 1.51. The highest BCUT2D eigenvalue weighted by Crippen LogP contribution is 2.36. The second-order valence-electron chi connectivity index (χ2n) is 8.09. The number of anilines is 1. The van der Waals surface area contributed by atoms with Gasteiger partial charge < -0.3 is 24.4 Å². The minimum absolute atomic E-state index is 0.0284. The van der Waals surface area contributed by atoms with Gasteiger partial charge in [-0.15, -0.1) is 0 Å². The number of esters is 1. The van der Waals surface area contributed by atoms with Crippen LogP contribution in [0, 0.1) is 5.92 Å². The van der Waals surface area contributed by atoms with E-state index in [1.54, 1.807) is 39.0 Å². The quantitative estimate of drug-likeness (QED) is 0.697. The van der Waals surface area contributed by atoms with Crippen LogP contribution in [-0.2, 0) is 19.1 Å². The van der Waals surface area contributed by atoms with Crippen LogP contribution in [0.1, 0.15) is 27.2 Å². The highest BCUT2D eigenvalue weighted by Gasteiger charge is 2.37. The number of rotatable bonds is 4. The molecule has 2 N–H and O–H groups in total. The van der Waals surface area contributed by atoms with Crippen LogP contribution in [-0.4, -0.2) is 55.7 Å². The predicted octanol–water partition coefficient (Wildman–Crippen LogP) is 0.978. The van der Waals surface area contributed by atoms with Crippen LogP contribution in [0.4, 0.5) is 10.5 Å². The molecule has 2 heterocycles. The molecular formula is C20H25N3O7. The fourth-order valence-corrected chi connectivity index (χ4v) is 3.10. The molecule has 0 aliphatic carbocycles. The fourth-order valence-electron chi connectivity index (χ4n) is 3.10. The van der Waals surface area contributed by atoms with E-state index in [0.29, 0.717) is 30.4 Å². The van der Waals surface area contributed by atoms with Gasteiger partial charge in [0.2, 0.25) is 5.91 Å². The zero-order valence-corrected chi connectivity index (χ0v) is 17.1. The lowest BCUT2D eigenvalue weighted by molar-refractivity contribution is -0.152. The number of carbonyl (C=O) groups excluding carboxylic acids is 4. The number of urea groups is 1. The molecule has 1 atom stereocenters. The Bertz CT molecular complexity index is 862. The van der Waals surface area contributed by atoms with Gasteiger partial charge in [-0.2, -0.15) is 0 Å². The normalized spacial score (nSPS) is 18.0. The van der Waals surface area contributed by atoms with E-state index < -0.39 is 36.0 Å². The van der Waals surface area contributed by atoms with Gasteiger partial charge in [-0.1, -0.05) is 0 Å². The number of hydrogen-bond donors (Lipinski definition) is 2. The highest BCUT2D eigenvalue weighted by atomic mass is 16.6. The molecule has 1 saturated heterocycles. The first kappa shape index (κ1) is 21.4. The van der Waals surface area contributed by atoms with Gasteiger partial charge in [0.1, 0.15) is 13.2 Å². The van der Waals surface area contributed by atoms with Gasteiger partial charge in [-0.25, -0.2) is 4.79 Å². The Labute approximate surface area is 173 Å². The van der Waals surface area contributed by atoms with Crippen molar-refractivity contribution in [2.75, 3.05) is 31.3 Å². The smallest absolute Gasteiger partial charge is 0.321 e. The molecule has 0 radical (unpaired) electrons. The van der Waals surface area contributed by atoms with E-state index >= 15 is 0 Å². The maximum atomic E-state index is 12.4. The lowest BCUT2D eigenvalue weighted by Crippen LogP contribution is -2.49. The molecule has 0 spiro atoms. The molecule has 10 heteroatoms. The van der Waals surface area contributed by atoms with Crippen molar-refractivity contribution in [2.45, 2.75) is 32.7 Å². The summed E-state index contributed by atoms with van der Waals surface area (Å²) in [6.45, 7) is 5.71. The summed E-state index contributed by atoms with van der Waals surface area (Å²) in [5.74, 6) is -1.21. The van der Waals surface area contributed by atoms with Crippen molar-refractivity contribution in [3.05, 3.63) is 18.2 Å². The average molecular weight is 419 g/mol. The minimum Gasteiger partial charge on any atom is -0.486 e. The Kier molecular flexibility index (Phi) is 6.14. The largest absolute Gasteiger partial charge is 0.486 e. The van der Waals surface area contributed by atoms with Crippen LogP contribution in [0.2, 0.25) is 0 Å². The first-order valence-electron chi connectivity index (χ1n) is 9.61. The third kappa shape index (κ3) is 5.40. The summed E-state index contributed by atoms with van der Waals surface area (Å²) in [4.78, 5) is 49.6. The summed E-state index contributed by atoms with van der Waals surface area (Å²) in [5, 5.41) is 4.65. The number of hydrogen-bond acceptors (Lipinski definition) is 7. The molecule has 2 aliphatic rings. The van der Waals surface area contributed by atoms with E-state index in [-0.39, 0.29) is 18.9 Å². The molecule has 0 aromatic heterocycles. The number of imide groups is 1. The first-order chi connectivity index (χ1) is 14.1. The molecule has 2 aliphatic heterocycles. The van der Waals surface area contributed by atoms with Crippen LogP contribution in [0.5, 0.6) is 11.5 Å². The Hall–Kier alpha value is -3.30. The molecule has 10 nitrogen and oxygen atoms in total. The van der Waals surface area contributed by atoms with Crippen LogP contribution in [0.25, 0.3) is 0 Å². The fraction of sp³-hybridized carbons (Fsp3) is 0.500. The average Bonchev–Trinajstić information content (AvgIpc) is 3.06. The number of nitrogens with zero attached hydrogens (tertiary/aromatic N) is 1. The van der Waals surface area contributed by atoms with Gasteiger partial charge in [0.15, 0.2) is 18.1 Å². The maximum absolute atomic E-state index is 12.4. The van der Waals surface area contributed by atoms with Crippen LogP contribution in [0.3, 0.4) is 0 Å². The molecule has 0 saturated carbocycles. The Morgan fingerprint density at radius 2 is 1.87 bits per heavy atom. The number of ether oxygens (including phenoxy) is 3. The third-order valence-electron chi connectivity index (χ3n) is 4.38. The van der Waals surface area contributed by atoms with Crippen molar-refractivity contribution >= 4 is 29.5 Å². The molecule has 3 rings (SSSR count). The minimum atomic E-state index is -0.752. The summed E-state index contributed by atoms with van der Waals surface area (Å²) in [6.07, 6.45) is -0.0284. The molecule has 0 bridgehead atoms. The van der Waals surface area contributed by atoms with Crippen molar-refractivity contribution in [1.29, 1.82) is 0 Å². The number of benzene rings is 1. The second-order valence-corrected chi connectivity index (χ2v) is 8.09. The van der Waals surface area contributed by atoms with Crippen LogP contribution < -0.4 is 25.0 Å². The van der Waals surface area contributed by atoms with Crippen molar-refractivity contribution in [3.63, 3.8) is 0 Å². The number of amides is 4. The molecular weight excluding hydrogens is 394 g/mol. The van der Waals surface area contributed by atoms with Crippen molar-refractivity contribution < 1.29 is 33.4 Å². The lowest BCUT2D eigenvalue weighted by Gasteiger charge is -2.22. The number of carbonyl (C=O) groups is 4. The molecule has 0 unspecified atom stereocenters. The van der Waals surface area contributed by atoms with E-state index in [1.165, 1.54) is 4.90 Å². The topological polar surface area (TPSA) is 123 Å². The van der Waals surface area contributed by atoms with Gasteiger partial charge >= 0.3 is 12.0 Å². The van der Waals surface area contributed by atoms with E-state index in [2.05, 4.69) is 10.6 Å². The van der Waals surface area contributed by atoms with E-state index in [0.717, 1.165) is 0 Å². The summed E-state index contributed by atoms with van der Waals surface area (Å²) in [5.41, 5.74) is 0.0823. The van der Waals surface area contributed by atoms with Gasteiger partial charge in [0.25, 0.3) is 5.91 Å². The second kappa shape index (κ2) is 8.60. The molecule has 1 aromatic carbocycles. The first-order valence-corrected chi connectivity index (χ1v) is 9.61. The number of nitrogens with one attached hydrogen (secondary N) is 2. The van der Waals surface area contributed by atoms with E-state index in [9.17, 15) is 19.2 Å². The maximum Gasteiger partial charge on any atom is 0.321 e. The van der Waals surface area contributed by atoms with E-state index in [4.69, 9.17) is 14.2 Å². The van der Waals surface area contributed by atoms with Gasteiger partial charge in [0.05, 0.1) is 5.92 Å². The summed E-state index contributed by atoms with van der Waals surface area (Å²) >= 11 is 0. The van der Waals surface area contributed by atoms with Crippen molar-refractivity contribution in [3.8, 4) is 11.5 Å². The Morgan fingerprint density at radius 3 is 2.57 bits per heavy atom. The SMILES string of the molecule is CC(C)(C)NC(=O)NC(=O)COC(=O)[C@@H]1CC(=O)N(c2ccc3c(c2)OCCO3)C1.